The van der Waals surface area contributed by atoms with Gasteiger partial charge < -0.3 is 15.2 Å². The van der Waals surface area contributed by atoms with E-state index >= 15 is 0 Å². The van der Waals surface area contributed by atoms with Crippen LogP contribution in [-0.2, 0) is 7.05 Å². The van der Waals surface area contributed by atoms with Crippen LogP contribution in [0.1, 0.15) is 34.5 Å². The van der Waals surface area contributed by atoms with Gasteiger partial charge in [-0.1, -0.05) is 42.0 Å². The second kappa shape index (κ2) is 8.17. The van der Waals surface area contributed by atoms with Crippen molar-refractivity contribution in [3.8, 4) is 28.5 Å². The molecule has 0 unspecified atom stereocenters. The average Bonchev–Trinajstić information content (AvgIpc) is 3.11. The third kappa shape index (κ3) is 3.74. The maximum Gasteiger partial charge on any atom is 0.270 e. The van der Waals surface area contributed by atoms with Crippen molar-refractivity contribution in [1.82, 2.24) is 9.47 Å². The Balaban J connectivity index is 1.83. The lowest BCUT2D eigenvalue weighted by Crippen LogP contribution is -2.46. The Kier molecular flexibility index (Phi) is 5.43. The number of nitriles is 1. The maximum absolute atomic E-state index is 13.4. The first-order valence-electron chi connectivity index (χ1n) is 10.3. The fourth-order valence-electron chi connectivity index (χ4n) is 4.17. The van der Waals surface area contributed by atoms with Crippen LogP contribution in [0.4, 0.5) is 0 Å². The molecule has 4 rings (SSSR count). The van der Waals surface area contributed by atoms with Gasteiger partial charge in [-0.25, -0.2) is 0 Å². The number of piperidine rings is 1. The molecule has 1 aliphatic heterocycles. The van der Waals surface area contributed by atoms with Crippen LogP contribution in [0.15, 0.2) is 54.6 Å². The molecule has 2 heterocycles. The third-order valence-corrected chi connectivity index (χ3v) is 5.85. The van der Waals surface area contributed by atoms with Crippen molar-refractivity contribution < 1.29 is 4.79 Å². The highest BCUT2D eigenvalue weighted by Gasteiger charge is 2.27. The van der Waals surface area contributed by atoms with Gasteiger partial charge >= 0.3 is 0 Å². The zero-order valence-electron chi connectivity index (χ0n) is 17.4. The summed E-state index contributed by atoms with van der Waals surface area (Å²) in [6.45, 7) is 3.39. The van der Waals surface area contributed by atoms with Crippen molar-refractivity contribution in [1.29, 1.82) is 5.26 Å². The summed E-state index contributed by atoms with van der Waals surface area (Å²) >= 11 is 0. The van der Waals surface area contributed by atoms with E-state index in [4.69, 9.17) is 11.0 Å². The van der Waals surface area contributed by atoms with Gasteiger partial charge in [-0.2, -0.15) is 5.26 Å². The number of carbonyl (C=O) groups excluding carboxylic acids is 1. The van der Waals surface area contributed by atoms with Crippen LogP contribution in [0, 0.1) is 18.3 Å². The number of likely N-dealkylation sites (tertiary alicyclic amines) is 1. The zero-order chi connectivity index (χ0) is 21.3. The lowest BCUT2D eigenvalue weighted by atomic mass is 9.99. The molecule has 5 nitrogen and oxygen atoms in total. The number of aromatic nitrogens is 1. The molecule has 30 heavy (non-hydrogen) atoms. The van der Waals surface area contributed by atoms with Crippen LogP contribution in [0.25, 0.3) is 22.4 Å². The summed E-state index contributed by atoms with van der Waals surface area (Å²) in [6, 6.07) is 20.0. The maximum atomic E-state index is 13.4. The predicted molar refractivity (Wildman–Crippen MR) is 119 cm³/mol. The highest BCUT2D eigenvalue weighted by Crippen LogP contribution is 2.35. The normalized spacial score (nSPS) is 16.3. The first-order chi connectivity index (χ1) is 14.5. The number of amides is 1. The molecule has 152 valence electrons. The topological polar surface area (TPSA) is 75.1 Å². The Morgan fingerprint density at radius 1 is 1.10 bits per heavy atom. The van der Waals surface area contributed by atoms with Gasteiger partial charge in [0.1, 0.15) is 5.69 Å². The van der Waals surface area contributed by atoms with Crippen LogP contribution >= 0.6 is 0 Å². The Hall–Kier alpha value is -3.36. The summed E-state index contributed by atoms with van der Waals surface area (Å²) in [7, 11) is 1.94. The van der Waals surface area contributed by atoms with Gasteiger partial charge in [-0.05, 0) is 49.1 Å². The van der Waals surface area contributed by atoms with Gasteiger partial charge in [0.25, 0.3) is 5.91 Å². The van der Waals surface area contributed by atoms with E-state index < -0.39 is 0 Å². The van der Waals surface area contributed by atoms with Gasteiger partial charge in [0.15, 0.2) is 0 Å². The lowest BCUT2D eigenvalue weighted by Gasteiger charge is -2.30. The number of aryl methyl sites for hydroxylation is 1. The van der Waals surface area contributed by atoms with Crippen LogP contribution in [0.3, 0.4) is 0 Å². The van der Waals surface area contributed by atoms with Crippen molar-refractivity contribution in [2.75, 3.05) is 13.1 Å². The molecule has 3 aromatic rings. The van der Waals surface area contributed by atoms with Gasteiger partial charge in [0.2, 0.25) is 0 Å². The molecule has 2 N–H and O–H groups in total. The minimum atomic E-state index is 0.0147. The van der Waals surface area contributed by atoms with E-state index in [2.05, 4.69) is 37.3 Å². The summed E-state index contributed by atoms with van der Waals surface area (Å²) < 4.78 is 1.99. The molecule has 1 aliphatic rings. The van der Waals surface area contributed by atoms with E-state index in [1.54, 1.807) is 0 Å². The van der Waals surface area contributed by atoms with Crippen molar-refractivity contribution in [2.24, 2.45) is 12.8 Å². The first kappa shape index (κ1) is 19.9. The van der Waals surface area contributed by atoms with Crippen molar-refractivity contribution in [3.63, 3.8) is 0 Å². The Morgan fingerprint density at radius 3 is 2.40 bits per heavy atom. The molecule has 5 heteroatoms. The third-order valence-electron chi connectivity index (χ3n) is 5.85. The molecule has 1 amide bonds. The summed E-state index contributed by atoms with van der Waals surface area (Å²) in [5.74, 6) is 0.0147. The van der Waals surface area contributed by atoms with Gasteiger partial charge in [0.05, 0.1) is 17.3 Å². The van der Waals surface area contributed by atoms with E-state index in [-0.39, 0.29) is 11.9 Å². The largest absolute Gasteiger partial charge is 0.339 e. The van der Waals surface area contributed by atoms with E-state index in [9.17, 15) is 4.79 Å². The van der Waals surface area contributed by atoms with Gasteiger partial charge in [0, 0.05) is 31.7 Å². The monoisotopic (exact) mass is 398 g/mol. The van der Waals surface area contributed by atoms with Crippen molar-refractivity contribution in [3.05, 3.63) is 71.4 Å². The van der Waals surface area contributed by atoms with Gasteiger partial charge in [-0.3, -0.25) is 4.79 Å². The molecule has 0 bridgehead atoms. The number of nitrogens with zero attached hydrogens (tertiary/aromatic N) is 3. The molecule has 0 spiro atoms. The first-order valence-corrected chi connectivity index (χ1v) is 10.3. The Bertz CT molecular complexity index is 1100. The number of benzene rings is 2. The van der Waals surface area contributed by atoms with E-state index in [0.717, 1.165) is 41.8 Å². The number of hydrogen-bond acceptors (Lipinski definition) is 3. The molecule has 1 aromatic heterocycles. The Morgan fingerprint density at radius 2 is 1.77 bits per heavy atom. The number of hydrogen-bond donors (Lipinski definition) is 1. The highest BCUT2D eigenvalue weighted by atomic mass is 16.2. The SMILES string of the molecule is Cc1ccc(-c2c(-c3ccc(C#N)cc3)cc(C(=O)N3CCC[C@@H](N)C3)n2C)cc1. The standard InChI is InChI=1S/C25H26N4O/c1-17-5-9-20(10-6-17)24-22(19-11-7-18(15-26)8-12-19)14-23(28(24)2)25(30)29-13-3-4-21(27)16-29/h5-12,14,21H,3-4,13,16,27H2,1-2H3/t21-/m1/s1. The lowest BCUT2D eigenvalue weighted by molar-refractivity contribution is 0.0699. The second-order valence-corrected chi connectivity index (χ2v) is 8.06. The Labute approximate surface area is 177 Å². The van der Waals surface area contributed by atoms with Crippen LogP contribution in [-0.4, -0.2) is 34.5 Å². The number of carbonyl (C=O) groups is 1. The minimum Gasteiger partial charge on any atom is -0.339 e. The van der Waals surface area contributed by atoms with Crippen molar-refractivity contribution in [2.45, 2.75) is 25.8 Å². The zero-order valence-corrected chi connectivity index (χ0v) is 17.4. The molecule has 1 saturated heterocycles. The summed E-state index contributed by atoms with van der Waals surface area (Å²) in [4.78, 5) is 15.2. The quantitative estimate of drug-likeness (QED) is 0.722. The fourth-order valence-corrected chi connectivity index (χ4v) is 4.17. The highest BCUT2D eigenvalue weighted by molar-refractivity contribution is 5.98. The smallest absolute Gasteiger partial charge is 0.270 e. The molecule has 0 saturated carbocycles. The van der Waals surface area contributed by atoms with Crippen LogP contribution in [0.2, 0.25) is 0 Å². The average molecular weight is 399 g/mol. The van der Waals surface area contributed by atoms with Crippen LogP contribution < -0.4 is 5.73 Å². The molecule has 0 aliphatic carbocycles. The summed E-state index contributed by atoms with van der Waals surface area (Å²) in [6.07, 6.45) is 1.90. The summed E-state index contributed by atoms with van der Waals surface area (Å²) in [5.41, 5.74) is 12.6. The number of nitrogens with two attached hydrogens (primary N) is 1. The number of rotatable bonds is 3. The molecule has 1 atom stereocenters. The van der Waals surface area contributed by atoms with E-state index in [0.29, 0.717) is 17.8 Å². The minimum absolute atomic E-state index is 0.0147. The molecular weight excluding hydrogens is 372 g/mol. The fraction of sp³-hybridized carbons (Fsp3) is 0.280. The van der Waals surface area contributed by atoms with Crippen molar-refractivity contribution >= 4 is 5.91 Å². The van der Waals surface area contributed by atoms with Gasteiger partial charge in [-0.15, -0.1) is 0 Å². The molecule has 0 radical (unpaired) electrons. The summed E-state index contributed by atoms with van der Waals surface area (Å²) in [5, 5.41) is 9.13. The predicted octanol–water partition coefficient (Wildman–Crippen LogP) is 4.10. The van der Waals surface area contributed by atoms with Crippen LogP contribution in [0.5, 0.6) is 0 Å². The van der Waals surface area contributed by atoms with E-state index in [1.807, 2.05) is 46.8 Å². The second-order valence-electron chi connectivity index (χ2n) is 8.06. The van der Waals surface area contributed by atoms with E-state index in [1.165, 1.54) is 5.56 Å². The molecular formula is C25H26N4O. The molecule has 1 fully saturated rings. The molecule has 2 aromatic carbocycles.